The monoisotopic (exact) mass is 285 g/mol. The van der Waals surface area contributed by atoms with Crippen LogP contribution in [0.2, 0.25) is 0 Å². The average molecular weight is 285 g/mol. The van der Waals surface area contributed by atoms with E-state index in [1.165, 1.54) is 0 Å². The Morgan fingerprint density at radius 2 is 2.20 bits per heavy atom. The molecular weight excluding hydrogens is 258 g/mol. The zero-order valence-electron chi connectivity index (χ0n) is 12.9. The van der Waals surface area contributed by atoms with Gasteiger partial charge in [0.05, 0.1) is 6.61 Å². The fourth-order valence-electron chi connectivity index (χ4n) is 2.07. The van der Waals surface area contributed by atoms with Crippen LogP contribution in [0.25, 0.3) is 0 Å². The summed E-state index contributed by atoms with van der Waals surface area (Å²) in [7, 11) is 1.59. The molecule has 0 unspecified atom stereocenters. The number of aliphatic hydroxyl groups is 1. The number of amides is 1. The second-order valence-electron chi connectivity index (χ2n) is 6.17. The third kappa shape index (κ3) is 5.13. The number of allylic oxidation sites excluding steroid dienone is 1. The summed E-state index contributed by atoms with van der Waals surface area (Å²) in [4.78, 5) is 11.8. The second-order valence-corrected chi connectivity index (χ2v) is 6.17. The first-order chi connectivity index (χ1) is 9.38. The zero-order chi connectivity index (χ0) is 15.2. The molecule has 116 valence electrons. The van der Waals surface area contributed by atoms with Gasteiger partial charge in [0.15, 0.2) is 5.76 Å². The molecule has 0 spiro atoms. The molecule has 0 bridgehead atoms. The Bertz CT molecular complexity index is 346. The van der Waals surface area contributed by atoms with Crippen molar-refractivity contribution in [1.29, 1.82) is 0 Å². The number of carbonyl (C=O) groups is 1. The Kier molecular flexibility index (Phi) is 6.49. The maximum atomic E-state index is 11.8. The normalized spacial score (nSPS) is 22.9. The summed E-state index contributed by atoms with van der Waals surface area (Å²) in [6, 6.07) is 0. The highest BCUT2D eigenvalue weighted by Crippen LogP contribution is 2.36. The first kappa shape index (κ1) is 17.0. The third-order valence-electron chi connectivity index (χ3n) is 3.48. The number of likely N-dealkylation sites (N-methyl/N-ethyl adjacent to an activating group) is 1. The Labute approximate surface area is 121 Å². The van der Waals surface area contributed by atoms with E-state index in [-0.39, 0.29) is 23.8 Å². The van der Waals surface area contributed by atoms with Gasteiger partial charge in [-0.2, -0.15) is 0 Å². The van der Waals surface area contributed by atoms with E-state index in [1.807, 2.05) is 6.08 Å². The van der Waals surface area contributed by atoms with Gasteiger partial charge in [0.1, 0.15) is 0 Å². The molecular formula is C15H27NO4. The van der Waals surface area contributed by atoms with Crippen molar-refractivity contribution in [3.8, 4) is 0 Å². The van der Waals surface area contributed by atoms with Gasteiger partial charge >= 0.3 is 0 Å². The standard InChI is InChI=1S/C15H27NO4/c1-15(2,3)11-9-12(14(18)16-4)20-13(10-11)19-8-6-5-7-17/h9,11,13,17H,5-8,10H2,1-4H3,(H,16,18)/t11-,13+/m0/s1. The lowest BCUT2D eigenvalue weighted by molar-refractivity contribution is -0.152. The van der Waals surface area contributed by atoms with Gasteiger partial charge in [-0.3, -0.25) is 4.79 Å². The van der Waals surface area contributed by atoms with Crippen molar-refractivity contribution in [1.82, 2.24) is 5.32 Å². The SMILES string of the molecule is CNC(=O)C1=C[C@H](C(C)(C)C)C[C@H](OCCCCO)O1. The smallest absolute Gasteiger partial charge is 0.285 e. The molecule has 0 saturated heterocycles. The van der Waals surface area contributed by atoms with Crippen LogP contribution in [-0.4, -0.2) is 37.6 Å². The highest BCUT2D eigenvalue weighted by Gasteiger charge is 2.33. The molecule has 1 heterocycles. The maximum absolute atomic E-state index is 11.8. The second kappa shape index (κ2) is 7.64. The van der Waals surface area contributed by atoms with Gasteiger partial charge in [-0.1, -0.05) is 20.8 Å². The Morgan fingerprint density at radius 1 is 1.50 bits per heavy atom. The van der Waals surface area contributed by atoms with Crippen LogP contribution in [0.1, 0.15) is 40.0 Å². The molecule has 0 fully saturated rings. The summed E-state index contributed by atoms with van der Waals surface area (Å²) < 4.78 is 11.3. The average Bonchev–Trinajstić information content (AvgIpc) is 2.41. The fourth-order valence-corrected chi connectivity index (χ4v) is 2.07. The minimum atomic E-state index is -0.393. The number of aliphatic hydroxyl groups excluding tert-OH is 1. The number of ether oxygens (including phenoxy) is 2. The molecule has 1 amide bonds. The van der Waals surface area contributed by atoms with Crippen LogP contribution in [0.4, 0.5) is 0 Å². The van der Waals surface area contributed by atoms with Crippen LogP contribution in [0.3, 0.4) is 0 Å². The van der Waals surface area contributed by atoms with Gasteiger partial charge < -0.3 is 19.9 Å². The first-order valence-electron chi connectivity index (χ1n) is 7.21. The van der Waals surface area contributed by atoms with Crippen molar-refractivity contribution >= 4 is 5.91 Å². The van der Waals surface area contributed by atoms with E-state index in [9.17, 15) is 4.79 Å². The van der Waals surface area contributed by atoms with E-state index in [1.54, 1.807) is 7.05 Å². The topological polar surface area (TPSA) is 67.8 Å². The summed E-state index contributed by atoms with van der Waals surface area (Å²) in [6.45, 7) is 7.13. The predicted molar refractivity (Wildman–Crippen MR) is 76.9 cm³/mol. The van der Waals surface area contributed by atoms with E-state index in [0.717, 1.165) is 12.8 Å². The van der Waals surface area contributed by atoms with E-state index in [0.29, 0.717) is 18.8 Å². The highest BCUT2D eigenvalue weighted by atomic mass is 16.7. The van der Waals surface area contributed by atoms with E-state index < -0.39 is 6.29 Å². The third-order valence-corrected chi connectivity index (χ3v) is 3.48. The molecule has 20 heavy (non-hydrogen) atoms. The van der Waals surface area contributed by atoms with Crippen LogP contribution in [0, 0.1) is 11.3 Å². The zero-order valence-corrected chi connectivity index (χ0v) is 12.9. The van der Waals surface area contributed by atoms with Crippen LogP contribution in [-0.2, 0) is 14.3 Å². The van der Waals surface area contributed by atoms with Gasteiger partial charge in [-0.15, -0.1) is 0 Å². The maximum Gasteiger partial charge on any atom is 0.285 e. The van der Waals surface area contributed by atoms with Gasteiger partial charge in [0, 0.05) is 20.1 Å². The minimum Gasteiger partial charge on any atom is -0.459 e. The molecule has 1 aliphatic heterocycles. The summed E-state index contributed by atoms with van der Waals surface area (Å²) in [5.74, 6) is 0.347. The fraction of sp³-hybridized carbons (Fsp3) is 0.800. The summed E-state index contributed by atoms with van der Waals surface area (Å²) >= 11 is 0. The van der Waals surface area contributed by atoms with Crippen LogP contribution >= 0.6 is 0 Å². The van der Waals surface area contributed by atoms with E-state index >= 15 is 0 Å². The summed E-state index contributed by atoms with van der Waals surface area (Å²) in [5, 5.41) is 11.3. The lowest BCUT2D eigenvalue weighted by atomic mass is 9.77. The number of hydrogen-bond acceptors (Lipinski definition) is 4. The molecule has 0 aromatic rings. The van der Waals surface area contributed by atoms with Gasteiger partial charge in [0.25, 0.3) is 5.91 Å². The van der Waals surface area contributed by atoms with Crippen LogP contribution < -0.4 is 5.32 Å². The van der Waals surface area contributed by atoms with E-state index in [4.69, 9.17) is 14.6 Å². The highest BCUT2D eigenvalue weighted by molar-refractivity contribution is 5.91. The molecule has 0 radical (unpaired) electrons. The van der Waals surface area contributed by atoms with Gasteiger partial charge in [-0.25, -0.2) is 0 Å². The van der Waals surface area contributed by atoms with Crippen molar-refractivity contribution in [2.75, 3.05) is 20.3 Å². The number of nitrogens with one attached hydrogen (secondary N) is 1. The van der Waals surface area contributed by atoms with Gasteiger partial charge in [-0.05, 0) is 30.3 Å². The summed E-state index contributed by atoms with van der Waals surface area (Å²) in [6.07, 6.45) is 3.74. The molecule has 0 aromatic heterocycles. The van der Waals surface area contributed by atoms with Crippen molar-refractivity contribution in [2.24, 2.45) is 11.3 Å². The van der Waals surface area contributed by atoms with Crippen molar-refractivity contribution in [2.45, 2.75) is 46.3 Å². The predicted octanol–water partition coefficient (Wildman–Crippen LogP) is 1.81. The van der Waals surface area contributed by atoms with Crippen molar-refractivity contribution in [3.05, 3.63) is 11.8 Å². The van der Waals surface area contributed by atoms with Crippen molar-refractivity contribution < 1.29 is 19.4 Å². The Balaban J connectivity index is 2.67. The minimum absolute atomic E-state index is 0.0513. The van der Waals surface area contributed by atoms with Crippen molar-refractivity contribution in [3.63, 3.8) is 0 Å². The first-order valence-corrected chi connectivity index (χ1v) is 7.21. The Morgan fingerprint density at radius 3 is 2.75 bits per heavy atom. The molecule has 1 rings (SSSR count). The lowest BCUT2D eigenvalue weighted by Crippen LogP contribution is -2.35. The number of hydrogen-bond donors (Lipinski definition) is 2. The molecule has 1 aliphatic rings. The largest absolute Gasteiger partial charge is 0.459 e. The Hall–Kier alpha value is -1.07. The quantitative estimate of drug-likeness (QED) is 0.730. The molecule has 2 atom stereocenters. The molecule has 5 nitrogen and oxygen atoms in total. The molecule has 5 heteroatoms. The molecule has 2 N–H and O–H groups in total. The van der Waals surface area contributed by atoms with Gasteiger partial charge in [0.2, 0.25) is 6.29 Å². The lowest BCUT2D eigenvalue weighted by Gasteiger charge is -2.35. The summed E-state index contributed by atoms with van der Waals surface area (Å²) in [5.41, 5.74) is 0.0513. The van der Waals surface area contributed by atoms with Crippen LogP contribution in [0.5, 0.6) is 0 Å². The molecule has 0 aliphatic carbocycles. The number of rotatable bonds is 6. The molecule has 0 saturated carbocycles. The van der Waals surface area contributed by atoms with Crippen LogP contribution in [0.15, 0.2) is 11.8 Å². The number of carbonyl (C=O) groups excluding carboxylic acids is 1. The number of unbranched alkanes of at least 4 members (excludes halogenated alkanes) is 1. The molecule has 0 aromatic carbocycles. The van der Waals surface area contributed by atoms with E-state index in [2.05, 4.69) is 26.1 Å².